The second-order valence-corrected chi connectivity index (χ2v) is 7.83. The maximum atomic E-state index is 12.9. The minimum Gasteiger partial charge on any atom is -0.374 e. The summed E-state index contributed by atoms with van der Waals surface area (Å²) in [6.07, 6.45) is 3.56. The molecule has 4 nitrogen and oxygen atoms in total. The minimum atomic E-state index is 0.148. The van der Waals surface area contributed by atoms with Crippen molar-refractivity contribution in [3.8, 4) is 10.6 Å². The van der Waals surface area contributed by atoms with Gasteiger partial charge in [-0.3, -0.25) is 4.79 Å². The molecule has 2 aromatic rings. The lowest BCUT2D eigenvalue weighted by Gasteiger charge is -2.37. The highest BCUT2D eigenvalue weighted by Gasteiger charge is 2.38. The number of hydrogen-bond donors (Lipinski definition) is 0. The summed E-state index contributed by atoms with van der Waals surface area (Å²) in [6, 6.07) is 2.26. The number of carbonyl (C=O) groups is 1. The fourth-order valence-electron chi connectivity index (χ4n) is 3.40. The van der Waals surface area contributed by atoms with Gasteiger partial charge in [0.2, 0.25) is 0 Å². The summed E-state index contributed by atoms with van der Waals surface area (Å²) >= 11 is 3.24. The molecule has 116 valence electrons. The standard InChI is InChI=1S/C16H18N2O2S2/c1-10-17-12(9-21-10)15-7-11(8-22-15)16(19)18-5-6-20-14-4-2-3-13(14)18/h7-9,13-14H,2-6H2,1H3/t13-,14+/m0/s1. The fraction of sp³-hybridized carbons (Fsp3) is 0.500. The van der Waals surface area contributed by atoms with Gasteiger partial charge < -0.3 is 9.64 Å². The monoisotopic (exact) mass is 334 g/mol. The Hall–Kier alpha value is -1.24. The molecule has 0 N–H and O–H groups in total. The van der Waals surface area contributed by atoms with Crippen LogP contribution in [-0.4, -0.2) is 41.1 Å². The summed E-state index contributed by atoms with van der Waals surface area (Å²) in [4.78, 5) is 20.5. The number of nitrogens with zero attached hydrogens (tertiary/aromatic N) is 2. The molecule has 0 bridgehead atoms. The summed E-state index contributed by atoms with van der Waals surface area (Å²) in [5, 5.41) is 5.07. The Morgan fingerprint density at radius 3 is 3.09 bits per heavy atom. The number of aromatic nitrogens is 1. The number of aryl methyl sites for hydroxylation is 1. The van der Waals surface area contributed by atoms with Crippen LogP contribution < -0.4 is 0 Å². The van der Waals surface area contributed by atoms with E-state index in [1.54, 1.807) is 22.7 Å². The van der Waals surface area contributed by atoms with Gasteiger partial charge in [-0.2, -0.15) is 0 Å². The molecule has 4 rings (SSSR count). The van der Waals surface area contributed by atoms with E-state index in [0.29, 0.717) is 13.2 Å². The zero-order chi connectivity index (χ0) is 15.1. The molecular weight excluding hydrogens is 316 g/mol. The molecule has 2 atom stereocenters. The van der Waals surface area contributed by atoms with Crippen LogP contribution in [0.4, 0.5) is 0 Å². The molecule has 0 aromatic carbocycles. The average molecular weight is 334 g/mol. The number of carbonyl (C=O) groups excluding carboxylic acids is 1. The Bertz CT molecular complexity index is 694. The normalized spacial score (nSPS) is 24.5. The summed E-state index contributed by atoms with van der Waals surface area (Å²) in [7, 11) is 0. The van der Waals surface area contributed by atoms with Gasteiger partial charge in [0.15, 0.2) is 0 Å². The second kappa shape index (κ2) is 5.76. The Kier molecular flexibility index (Phi) is 3.76. The molecule has 2 fully saturated rings. The van der Waals surface area contributed by atoms with Crippen LogP contribution >= 0.6 is 22.7 Å². The van der Waals surface area contributed by atoms with Crippen LogP contribution in [-0.2, 0) is 4.74 Å². The van der Waals surface area contributed by atoms with Gasteiger partial charge in [-0.1, -0.05) is 0 Å². The quantitative estimate of drug-likeness (QED) is 0.843. The number of ether oxygens (including phenoxy) is 1. The fourth-order valence-corrected chi connectivity index (χ4v) is 4.93. The molecule has 2 aromatic heterocycles. The van der Waals surface area contributed by atoms with Gasteiger partial charge in [0.25, 0.3) is 5.91 Å². The predicted molar refractivity (Wildman–Crippen MR) is 88.6 cm³/mol. The van der Waals surface area contributed by atoms with Crippen molar-refractivity contribution in [1.82, 2.24) is 9.88 Å². The summed E-state index contributed by atoms with van der Waals surface area (Å²) in [5.74, 6) is 0.148. The molecule has 22 heavy (non-hydrogen) atoms. The number of rotatable bonds is 2. The number of amides is 1. The highest BCUT2D eigenvalue weighted by atomic mass is 32.1. The second-order valence-electron chi connectivity index (χ2n) is 5.86. The van der Waals surface area contributed by atoms with E-state index in [0.717, 1.165) is 40.4 Å². The first-order valence-corrected chi connectivity index (χ1v) is 9.42. The number of fused-ring (bicyclic) bond motifs is 1. The van der Waals surface area contributed by atoms with Crippen molar-refractivity contribution >= 4 is 28.6 Å². The molecule has 6 heteroatoms. The number of thiophene rings is 1. The van der Waals surface area contributed by atoms with E-state index in [9.17, 15) is 4.79 Å². The van der Waals surface area contributed by atoms with Crippen LogP contribution in [0.15, 0.2) is 16.8 Å². The lowest BCUT2D eigenvalue weighted by atomic mass is 10.1. The smallest absolute Gasteiger partial charge is 0.255 e. The van der Waals surface area contributed by atoms with Crippen molar-refractivity contribution in [3.05, 3.63) is 27.4 Å². The van der Waals surface area contributed by atoms with Gasteiger partial charge in [-0.25, -0.2) is 4.98 Å². The lowest BCUT2D eigenvalue weighted by molar-refractivity contribution is -0.0445. The number of thiazole rings is 1. The largest absolute Gasteiger partial charge is 0.374 e. The predicted octanol–water partition coefficient (Wildman–Crippen LogP) is 3.57. The van der Waals surface area contributed by atoms with E-state index < -0.39 is 0 Å². The van der Waals surface area contributed by atoms with Crippen molar-refractivity contribution in [3.63, 3.8) is 0 Å². The van der Waals surface area contributed by atoms with Gasteiger partial charge in [-0.15, -0.1) is 22.7 Å². The molecule has 1 aliphatic heterocycles. The van der Waals surface area contributed by atoms with E-state index in [1.165, 1.54) is 0 Å². The number of hydrogen-bond acceptors (Lipinski definition) is 5. The zero-order valence-corrected chi connectivity index (χ0v) is 14.1. The first-order chi connectivity index (χ1) is 10.7. The third kappa shape index (κ3) is 2.49. The summed E-state index contributed by atoms with van der Waals surface area (Å²) in [6.45, 7) is 3.37. The van der Waals surface area contributed by atoms with Crippen LogP contribution in [0.25, 0.3) is 10.6 Å². The molecule has 2 aliphatic rings. The third-order valence-corrected chi connectivity index (χ3v) is 6.19. The zero-order valence-electron chi connectivity index (χ0n) is 12.4. The summed E-state index contributed by atoms with van der Waals surface area (Å²) in [5.41, 5.74) is 1.77. The molecule has 0 spiro atoms. The van der Waals surface area contributed by atoms with Crippen molar-refractivity contribution in [2.75, 3.05) is 13.2 Å². The van der Waals surface area contributed by atoms with E-state index >= 15 is 0 Å². The van der Waals surface area contributed by atoms with E-state index in [2.05, 4.69) is 10.4 Å². The highest BCUT2D eigenvalue weighted by Crippen LogP contribution is 2.33. The van der Waals surface area contributed by atoms with Gasteiger partial charge in [-0.05, 0) is 32.3 Å². The van der Waals surface area contributed by atoms with Gasteiger partial charge >= 0.3 is 0 Å². The Balaban J connectivity index is 1.56. The van der Waals surface area contributed by atoms with Crippen molar-refractivity contribution in [2.24, 2.45) is 0 Å². The molecule has 1 saturated heterocycles. The Morgan fingerprint density at radius 2 is 2.27 bits per heavy atom. The number of morpholine rings is 1. The van der Waals surface area contributed by atoms with E-state index in [-0.39, 0.29) is 18.1 Å². The topological polar surface area (TPSA) is 42.4 Å². The van der Waals surface area contributed by atoms with Crippen LogP contribution in [0.3, 0.4) is 0 Å². The van der Waals surface area contributed by atoms with Crippen molar-refractivity contribution < 1.29 is 9.53 Å². The molecule has 1 amide bonds. The molecule has 0 radical (unpaired) electrons. The molecule has 3 heterocycles. The highest BCUT2D eigenvalue weighted by molar-refractivity contribution is 7.14. The van der Waals surface area contributed by atoms with Crippen LogP contribution in [0.1, 0.15) is 34.6 Å². The first kappa shape index (κ1) is 14.4. The van der Waals surface area contributed by atoms with Gasteiger partial charge in [0.1, 0.15) is 0 Å². The van der Waals surface area contributed by atoms with E-state index in [1.807, 2.05) is 23.3 Å². The Labute approximate surface area is 137 Å². The molecule has 0 unspecified atom stereocenters. The maximum absolute atomic E-state index is 12.9. The molecule has 1 saturated carbocycles. The van der Waals surface area contributed by atoms with Gasteiger partial charge in [0.05, 0.1) is 39.9 Å². The minimum absolute atomic E-state index is 0.148. The SMILES string of the molecule is Cc1nc(-c2cc(C(=O)N3CCO[C@@H]4CCC[C@@H]43)cs2)cs1. The van der Waals surface area contributed by atoms with Crippen LogP contribution in [0.5, 0.6) is 0 Å². The summed E-state index contributed by atoms with van der Waals surface area (Å²) < 4.78 is 5.80. The maximum Gasteiger partial charge on any atom is 0.255 e. The van der Waals surface area contributed by atoms with Gasteiger partial charge in [0, 0.05) is 17.3 Å². The van der Waals surface area contributed by atoms with Crippen LogP contribution in [0, 0.1) is 6.92 Å². The third-order valence-electron chi connectivity index (χ3n) is 4.46. The van der Waals surface area contributed by atoms with Crippen molar-refractivity contribution in [2.45, 2.75) is 38.3 Å². The van der Waals surface area contributed by atoms with E-state index in [4.69, 9.17) is 4.74 Å². The lowest BCUT2D eigenvalue weighted by Crippen LogP contribution is -2.51. The van der Waals surface area contributed by atoms with Crippen molar-refractivity contribution in [1.29, 1.82) is 0 Å². The first-order valence-electron chi connectivity index (χ1n) is 7.66. The average Bonchev–Trinajstić information content (AvgIpc) is 3.25. The van der Waals surface area contributed by atoms with Crippen LogP contribution in [0.2, 0.25) is 0 Å². The Morgan fingerprint density at radius 1 is 1.36 bits per heavy atom. The molecule has 1 aliphatic carbocycles. The molecular formula is C16H18N2O2S2.